The number of carbonyl (C=O) groups is 4. The van der Waals surface area contributed by atoms with Crippen LogP contribution in [0.4, 0.5) is 0 Å². The smallest absolute Gasteiger partial charge is 0.338 e. The molecule has 0 bridgehead atoms. The summed E-state index contributed by atoms with van der Waals surface area (Å²) < 4.78 is 0. The first-order valence-corrected chi connectivity index (χ1v) is 10.2. The van der Waals surface area contributed by atoms with Crippen molar-refractivity contribution in [1.82, 2.24) is 0 Å². The van der Waals surface area contributed by atoms with Crippen molar-refractivity contribution in [2.24, 2.45) is 0 Å². The number of halogens is 8. The van der Waals surface area contributed by atoms with Gasteiger partial charge in [-0.05, 0) is 0 Å². The molecule has 0 amide bonds. The van der Waals surface area contributed by atoms with Crippen LogP contribution in [0.2, 0.25) is 40.2 Å². The fourth-order valence-corrected chi connectivity index (χ4v) is 4.10. The van der Waals surface area contributed by atoms with E-state index in [1.807, 2.05) is 0 Å². The van der Waals surface area contributed by atoms with E-state index in [1.54, 1.807) is 0 Å². The third kappa shape index (κ3) is 6.81. The minimum atomic E-state index is -1.55. The number of hydrogen-bond acceptors (Lipinski definition) is 4. The summed E-state index contributed by atoms with van der Waals surface area (Å²) in [7, 11) is 0. The van der Waals surface area contributed by atoms with E-state index in [0.717, 1.165) is 0 Å². The van der Waals surface area contributed by atoms with E-state index in [-0.39, 0.29) is 46.3 Å². The van der Waals surface area contributed by atoms with Crippen molar-refractivity contribution in [2.45, 2.75) is 0 Å². The van der Waals surface area contributed by atoms with Gasteiger partial charge in [-0.3, -0.25) is 0 Å². The Morgan fingerprint density at radius 2 is 0.485 bits per heavy atom. The SMILES string of the molecule is O=C(O)c1c(Cl)c(Cl)c(Cl)c(Cl)c1C(=O)O.O=C(O)c1c(Cl)c(Cl)c(Cl)c(Cl)c1C(=O)O.[Zr]. The van der Waals surface area contributed by atoms with E-state index in [0.29, 0.717) is 0 Å². The Morgan fingerprint density at radius 3 is 0.576 bits per heavy atom. The molecule has 0 aliphatic carbocycles. The Kier molecular flexibility index (Phi) is 12.8. The summed E-state index contributed by atoms with van der Waals surface area (Å²) in [6.45, 7) is 0. The summed E-state index contributed by atoms with van der Waals surface area (Å²) in [6.07, 6.45) is 0. The first kappa shape index (κ1) is 32.5. The maximum absolute atomic E-state index is 10.9. The molecule has 2 aromatic rings. The standard InChI is InChI=1S/2C8H2Cl4O4.Zr/c2*9-3-1(7(13)14)2(8(15)16)4(10)6(12)5(3)11;/h2*(H,13,14)(H,15,16);. The predicted octanol–water partition coefficient (Wildman–Crippen LogP) is 7.39. The van der Waals surface area contributed by atoms with Crippen LogP contribution in [0.25, 0.3) is 0 Å². The van der Waals surface area contributed by atoms with Gasteiger partial charge in [-0.1, -0.05) is 92.8 Å². The zero-order valence-electron chi connectivity index (χ0n) is 14.9. The summed E-state index contributed by atoms with van der Waals surface area (Å²) in [6, 6.07) is 0. The van der Waals surface area contributed by atoms with Crippen molar-refractivity contribution in [1.29, 1.82) is 0 Å². The van der Waals surface area contributed by atoms with Crippen LogP contribution in [0, 0.1) is 0 Å². The van der Waals surface area contributed by atoms with Crippen molar-refractivity contribution in [3.8, 4) is 0 Å². The third-order valence-corrected chi connectivity index (χ3v) is 6.99. The van der Waals surface area contributed by atoms with Crippen LogP contribution in [-0.2, 0) is 26.2 Å². The Bertz CT molecular complexity index is 1000. The molecule has 0 spiro atoms. The van der Waals surface area contributed by atoms with Crippen LogP contribution in [0.3, 0.4) is 0 Å². The predicted molar refractivity (Wildman–Crippen MR) is 121 cm³/mol. The van der Waals surface area contributed by atoms with Crippen LogP contribution in [0.5, 0.6) is 0 Å². The van der Waals surface area contributed by atoms with Crippen molar-refractivity contribution >= 4 is 117 Å². The largest absolute Gasteiger partial charge is 0.478 e. The maximum Gasteiger partial charge on any atom is 0.338 e. The summed E-state index contributed by atoms with van der Waals surface area (Å²) in [5.74, 6) is -6.21. The van der Waals surface area contributed by atoms with Gasteiger partial charge in [0.2, 0.25) is 0 Å². The van der Waals surface area contributed by atoms with Crippen molar-refractivity contribution < 1.29 is 65.8 Å². The summed E-state index contributed by atoms with van der Waals surface area (Å²) in [5, 5.41) is 32.3. The van der Waals surface area contributed by atoms with Gasteiger partial charge in [0.05, 0.1) is 62.4 Å². The average Bonchev–Trinajstić information content (AvgIpc) is 2.69. The van der Waals surface area contributed by atoms with Gasteiger partial charge in [0.15, 0.2) is 0 Å². The van der Waals surface area contributed by atoms with E-state index in [2.05, 4.69) is 0 Å². The molecule has 0 aliphatic heterocycles. The molecule has 0 radical (unpaired) electrons. The third-order valence-electron chi connectivity index (χ3n) is 3.39. The van der Waals surface area contributed by atoms with Gasteiger partial charge in [-0.15, -0.1) is 0 Å². The summed E-state index contributed by atoms with van der Waals surface area (Å²) >= 11 is 44.8. The van der Waals surface area contributed by atoms with Gasteiger partial charge in [0.1, 0.15) is 0 Å². The number of hydrogen-bond donors (Lipinski definition) is 4. The molecule has 2 rings (SSSR count). The molecule has 2 aromatic carbocycles. The second kappa shape index (κ2) is 13.0. The van der Waals surface area contributed by atoms with Gasteiger partial charge >= 0.3 is 23.9 Å². The molecule has 0 atom stereocenters. The molecule has 8 nitrogen and oxygen atoms in total. The molecule has 33 heavy (non-hydrogen) atoms. The molecule has 0 unspecified atom stereocenters. The number of aromatic carboxylic acids is 4. The van der Waals surface area contributed by atoms with Gasteiger partial charge in [0.25, 0.3) is 0 Å². The maximum atomic E-state index is 10.9. The van der Waals surface area contributed by atoms with Crippen LogP contribution in [-0.4, -0.2) is 44.3 Å². The van der Waals surface area contributed by atoms with Gasteiger partial charge in [-0.25, -0.2) is 19.2 Å². The molecule has 0 aliphatic rings. The molecule has 17 heteroatoms. The van der Waals surface area contributed by atoms with E-state index in [9.17, 15) is 19.2 Å². The van der Waals surface area contributed by atoms with Gasteiger partial charge < -0.3 is 20.4 Å². The van der Waals surface area contributed by atoms with E-state index in [4.69, 9.17) is 113 Å². The second-order valence-corrected chi connectivity index (χ2v) is 8.26. The van der Waals surface area contributed by atoms with Crippen LogP contribution in [0.1, 0.15) is 41.4 Å². The zero-order chi connectivity index (χ0) is 25.2. The van der Waals surface area contributed by atoms with Crippen molar-refractivity contribution in [3.63, 3.8) is 0 Å². The van der Waals surface area contributed by atoms with E-state index >= 15 is 0 Å². The molecular weight excluding hydrogens is 695 g/mol. The number of carboxylic acids is 4. The summed E-state index contributed by atoms with van der Waals surface area (Å²) in [5.41, 5.74) is -2.75. The molecule has 0 fully saturated rings. The minimum Gasteiger partial charge on any atom is -0.478 e. The van der Waals surface area contributed by atoms with Crippen molar-refractivity contribution in [2.75, 3.05) is 0 Å². The molecule has 0 saturated heterocycles. The quantitative estimate of drug-likeness (QED) is 0.191. The molecular formula is C16H4Cl8O8Zr. The van der Waals surface area contributed by atoms with Gasteiger partial charge in [-0.2, -0.15) is 0 Å². The first-order valence-electron chi connectivity index (χ1n) is 7.22. The number of carboxylic acid groups (broad SMARTS) is 4. The van der Waals surface area contributed by atoms with Crippen molar-refractivity contribution in [3.05, 3.63) is 62.4 Å². The Hall–Kier alpha value is -0.477. The molecule has 176 valence electrons. The molecule has 4 N–H and O–H groups in total. The minimum absolute atomic E-state index is 0. The topological polar surface area (TPSA) is 149 Å². The Labute approximate surface area is 242 Å². The van der Waals surface area contributed by atoms with Crippen LogP contribution < -0.4 is 0 Å². The Morgan fingerprint density at radius 1 is 0.364 bits per heavy atom. The van der Waals surface area contributed by atoms with E-state index < -0.39 is 66.2 Å². The number of rotatable bonds is 4. The van der Waals surface area contributed by atoms with Crippen LogP contribution in [0.15, 0.2) is 0 Å². The molecule has 0 heterocycles. The number of benzene rings is 2. The molecule has 0 saturated carbocycles. The average molecular weight is 699 g/mol. The zero-order valence-corrected chi connectivity index (χ0v) is 23.5. The fraction of sp³-hybridized carbons (Fsp3) is 0. The summed E-state index contributed by atoms with van der Waals surface area (Å²) in [4.78, 5) is 43.4. The van der Waals surface area contributed by atoms with Gasteiger partial charge in [0, 0.05) is 26.2 Å². The normalized spacial score (nSPS) is 9.94. The Balaban J connectivity index is 0.000000602. The first-order chi connectivity index (χ1) is 14.6. The second-order valence-electron chi connectivity index (χ2n) is 5.23. The van der Waals surface area contributed by atoms with E-state index in [1.165, 1.54) is 0 Å². The van der Waals surface area contributed by atoms with Crippen LogP contribution >= 0.6 is 92.8 Å². The molecule has 0 aromatic heterocycles. The monoisotopic (exact) mass is 694 g/mol. The fourth-order valence-electron chi connectivity index (χ4n) is 2.07.